The highest BCUT2D eigenvalue weighted by atomic mass is 32.1. The molecular formula is C13H8F2N2OS. The van der Waals surface area contributed by atoms with E-state index in [-0.39, 0.29) is 16.9 Å². The van der Waals surface area contributed by atoms with Gasteiger partial charge in [-0.1, -0.05) is 23.7 Å². The van der Waals surface area contributed by atoms with Gasteiger partial charge in [0.1, 0.15) is 5.82 Å². The summed E-state index contributed by atoms with van der Waals surface area (Å²) in [5.41, 5.74) is 4.85. The van der Waals surface area contributed by atoms with Crippen molar-refractivity contribution in [2.24, 2.45) is 0 Å². The van der Waals surface area contributed by atoms with Crippen LogP contribution in [-0.4, -0.2) is 3.96 Å². The van der Waals surface area contributed by atoms with E-state index < -0.39 is 11.6 Å². The molecular weight excluding hydrogens is 270 g/mol. The second-order valence-electron chi connectivity index (χ2n) is 4.01. The number of anilines is 1. The Bertz CT molecular complexity index is 838. The minimum atomic E-state index is -0.838. The number of fused-ring (bicyclic) bond motifs is 1. The lowest BCUT2D eigenvalue weighted by Gasteiger charge is -2.04. The fraction of sp³-hybridized carbons (Fsp3) is 0. The molecule has 0 bridgehead atoms. The first-order valence-electron chi connectivity index (χ1n) is 5.44. The van der Waals surface area contributed by atoms with Crippen LogP contribution in [0.5, 0.6) is 0 Å². The highest BCUT2D eigenvalue weighted by molar-refractivity contribution is 7.14. The van der Waals surface area contributed by atoms with E-state index >= 15 is 0 Å². The van der Waals surface area contributed by atoms with Gasteiger partial charge in [-0.2, -0.15) is 0 Å². The van der Waals surface area contributed by atoms with Crippen molar-refractivity contribution in [3.8, 4) is 5.69 Å². The quantitative estimate of drug-likeness (QED) is 0.696. The molecule has 3 nitrogen and oxygen atoms in total. The SMILES string of the molecule is Nc1cc(-n2sc3ccccc3c2=O)c(F)cc1F. The largest absolute Gasteiger partial charge is 0.396 e. The van der Waals surface area contributed by atoms with Gasteiger partial charge in [0.05, 0.1) is 21.5 Å². The van der Waals surface area contributed by atoms with E-state index in [4.69, 9.17) is 5.73 Å². The highest BCUT2D eigenvalue weighted by Crippen LogP contribution is 2.24. The Labute approximate surface area is 110 Å². The second kappa shape index (κ2) is 4.17. The van der Waals surface area contributed by atoms with Gasteiger partial charge in [-0.15, -0.1) is 0 Å². The van der Waals surface area contributed by atoms with E-state index in [2.05, 4.69) is 0 Å². The molecule has 2 N–H and O–H groups in total. The molecule has 0 aliphatic rings. The zero-order valence-corrected chi connectivity index (χ0v) is 10.4. The van der Waals surface area contributed by atoms with Crippen molar-refractivity contribution in [3.05, 3.63) is 58.4 Å². The van der Waals surface area contributed by atoms with Gasteiger partial charge in [0, 0.05) is 6.07 Å². The molecule has 0 spiro atoms. The fourth-order valence-corrected chi connectivity index (χ4v) is 2.85. The van der Waals surface area contributed by atoms with Crippen molar-refractivity contribution >= 4 is 27.3 Å². The molecule has 0 saturated carbocycles. The molecule has 0 unspecified atom stereocenters. The number of halogens is 2. The van der Waals surface area contributed by atoms with Crippen LogP contribution in [0.3, 0.4) is 0 Å². The lowest BCUT2D eigenvalue weighted by molar-refractivity contribution is 0.582. The van der Waals surface area contributed by atoms with Crippen molar-refractivity contribution in [2.75, 3.05) is 5.73 Å². The standard InChI is InChI=1S/C13H8F2N2OS/c14-8-5-9(15)11(6-10(8)16)17-13(18)7-3-1-2-4-12(7)19-17/h1-6H,16H2. The maximum absolute atomic E-state index is 13.8. The van der Waals surface area contributed by atoms with E-state index in [1.54, 1.807) is 24.3 Å². The zero-order valence-electron chi connectivity index (χ0n) is 9.56. The predicted molar refractivity (Wildman–Crippen MR) is 71.8 cm³/mol. The van der Waals surface area contributed by atoms with E-state index in [1.165, 1.54) is 3.96 Å². The Balaban J connectivity index is 2.34. The topological polar surface area (TPSA) is 48.0 Å². The summed E-state index contributed by atoms with van der Waals surface area (Å²) in [5, 5.41) is 0.495. The zero-order chi connectivity index (χ0) is 13.6. The summed E-state index contributed by atoms with van der Waals surface area (Å²) in [7, 11) is 0. The van der Waals surface area contributed by atoms with Crippen LogP contribution >= 0.6 is 11.5 Å². The molecule has 0 saturated heterocycles. The Morgan fingerprint density at radius 2 is 1.84 bits per heavy atom. The Hall–Kier alpha value is -2.21. The molecule has 6 heteroatoms. The highest BCUT2D eigenvalue weighted by Gasteiger charge is 2.14. The number of nitrogens with two attached hydrogens (primary N) is 1. The number of hydrogen-bond donors (Lipinski definition) is 1. The minimum absolute atomic E-state index is 0.0369. The van der Waals surface area contributed by atoms with Crippen LogP contribution in [-0.2, 0) is 0 Å². The summed E-state index contributed by atoms with van der Waals surface area (Å²) < 4.78 is 28.8. The Kier molecular flexibility index (Phi) is 2.60. The van der Waals surface area contributed by atoms with E-state index in [9.17, 15) is 13.6 Å². The lowest BCUT2D eigenvalue weighted by atomic mass is 10.2. The van der Waals surface area contributed by atoms with Crippen molar-refractivity contribution in [2.45, 2.75) is 0 Å². The minimum Gasteiger partial charge on any atom is -0.396 e. The van der Waals surface area contributed by atoms with E-state index in [1.807, 2.05) is 0 Å². The van der Waals surface area contributed by atoms with E-state index in [0.29, 0.717) is 11.5 Å². The Morgan fingerprint density at radius 1 is 1.11 bits per heavy atom. The molecule has 0 amide bonds. The van der Waals surface area contributed by atoms with Crippen LogP contribution in [0.25, 0.3) is 15.8 Å². The van der Waals surface area contributed by atoms with Gasteiger partial charge in [-0.3, -0.25) is 4.79 Å². The van der Waals surface area contributed by atoms with Gasteiger partial charge in [0.25, 0.3) is 5.56 Å². The summed E-state index contributed by atoms with van der Waals surface area (Å²) in [6, 6.07) is 8.76. The molecule has 2 aromatic carbocycles. The van der Waals surface area contributed by atoms with Crippen LogP contribution in [0.1, 0.15) is 0 Å². The average Bonchev–Trinajstić information content (AvgIpc) is 2.72. The Morgan fingerprint density at radius 3 is 2.58 bits per heavy atom. The monoisotopic (exact) mass is 278 g/mol. The first-order chi connectivity index (χ1) is 9.08. The third-order valence-electron chi connectivity index (χ3n) is 2.78. The van der Waals surface area contributed by atoms with Gasteiger partial charge >= 0.3 is 0 Å². The summed E-state index contributed by atoms with van der Waals surface area (Å²) in [6.07, 6.45) is 0. The summed E-state index contributed by atoms with van der Waals surface area (Å²) in [6.45, 7) is 0. The normalized spacial score (nSPS) is 11.1. The maximum Gasteiger partial charge on any atom is 0.273 e. The molecule has 3 aromatic rings. The summed E-state index contributed by atoms with van der Waals surface area (Å²) in [5.74, 6) is -1.66. The number of hydrogen-bond acceptors (Lipinski definition) is 3. The van der Waals surface area contributed by atoms with Crippen LogP contribution in [0.4, 0.5) is 14.5 Å². The third-order valence-corrected chi connectivity index (χ3v) is 3.87. The number of nitrogen functional groups attached to an aromatic ring is 1. The molecule has 0 radical (unpaired) electrons. The molecule has 0 aliphatic heterocycles. The van der Waals surface area contributed by atoms with Crippen molar-refractivity contribution in [1.82, 2.24) is 3.96 Å². The van der Waals surface area contributed by atoms with E-state index in [0.717, 1.165) is 22.3 Å². The summed E-state index contributed by atoms with van der Waals surface area (Å²) >= 11 is 1.09. The van der Waals surface area contributed by atoms with Crippen LogP contribution in [0.15, 0.2) is 41.2 Å². The second-order valence-corrected chi connectivity index (χ2v) is 5.00. The molecule has 3 rings (SSSR count). The first-order valence-corrected chi connectivity index (χ1v) is 6.21. The maximum atomic E-state index is 13.8. The molecule has 0 fully saturated rings. The predicted octanol–water partition coefficient (Wildman–Crippen LogP) is 2.91. The lowest BCUT2D eigenvalue weighted by Crippen LogP contribution is -2.13. The number of benzene rings is 2. The van der Waals surface area contributed by atoms with Crippen molar-refractivity contribution in [1.29, 1.82) is 0 Å². The molecule has 0 aliphatic carbocycles. The van der Waals surface area contributed by atoms with Gasteiger partial charge < -0.3 is 5.73 Å². The van der Waals surface area contributed by atoms with Crippen molar-refractivity contribution in [3.63, 3.8) is 0 Å². The summed E-state index contributed by atoms with van der Waals surface area (Å²) in [4.78, 5) is 12.1. The van der Waals surface area contributed by atoms with Crippen LogP contribution < -0.4 is 11.3 Å². The third kappa shape index (κ3) is 1.80. The number of nitrogens with zero attached hydrogens (tertiary/aromatic N) is 1. The van der Waals surface area contributed by atoms with Gasteiger partial charge in [-0.05, 0) is 18.2 Å². The molecule has 1 aromatic heterocycles. The number of aromatic nitrogens is 1. The number of rotatable bonds is 1. The molecule has 0 atom stereocenters. The molecule has 96 valence electrons. The first kappa shape index (κ1) is 11.9. The van der Waals surface area contributed by atoms with Crippen molar-refractivity contribution < 1.29 is 8.78 Å². The van der Waals surface area contributed by atoms with Crippen LogP contribution in [0, 0.1) is 11.6 Å². The van der Waals surface area contributed by atoms with Gasteiger partial charge in [0.15, 0.2) is 5.82 Å². The molecule has 19 heavy (non-hydrogen) atoms. The fourth-order valence-electron chi connectivity index (χ4n) is 1.84. The van der Waals surface area contributed by atoms with Gasteiger partial charge in [0.2, 0.25) is 0 Å². The van der Waals surface area contributed by atoms with Gasteiger partial charge in [-0.25, -0.2) is 12.7 Å². The van der Waals surface area contributed by atoms with Crippen LogP contribution in [0.2, 0.25) is 0 Å². The smallest absolute Gasteiger partial charge is 0.273 e. The molecule has 1 heterocycles. The average molecular weight is 278 g/mol.